The maximum Gasteiger partial charge on any atom is 0.119 e. The van der Waals surface area contributed by atoms with E-state index in [-0.39, 0.29) is 0 Å². The Hall–Kier alpha value is -1.71. The second-order valence-electron chi connectivity index (χ2n) is 4.51. The minimum absolute atomic E-state index is 0.419. The SMILES string of the molecule is O=CCCCCCCCCOc1ccc(N=O)cc1. The Balaban J connectivity index is 1.98. The molecular weight excluding hydrogens is 242 g/mol. The monoisotopic (exact) mass is 263 g/mol. The molecule has 1 aromatic carbocycles. The second-order valence-corrected chi connectivity index (χ2v) is 4.51. The Bertz CT molecular complexity index is 362. The standard InChI is InChI=1S/C15H21NO3/c17-12-6-4-2-1-3-5-7-13-19-15-10-8-14(16-18)9-11-15/h8-12H,1-7,13H2. The summed E-state index contributed by atoms with van der Waals surface area (Å²) >= 11 is 0. The van der Waals surface area contributed by atoms with Crippen LogP contribution in [0.5, 0.6) is 5.75 Å². The lowest BCUT2D eigenvalue weighted by atomic mass is 10.1. The Morgan fingerprint density at radius 1 is 0.947 bits per heavy atom. The van der Waals surface area contributed by atoms with Crippen molar-refractivity contribution in [2.45, 2.75) is 44.9 Å². The van der Waals surface area contributed by atoms with E-state index < -0.39 is 0 Å². The number of hydrogen-bond acceptors (Lipinski definition) is 4. The van der Waals surface area contributed by atoms with Gasteiger partial charge in [-0.25, -0.2) is 0 Å². The van der Waals surface area contributed by atoms with E-state index in [2.05, 4.69) is 5.18 Å². The summed E-state index contributed by atoms with van der Waals surface area (Å²) in [6, 6.07) is 6.82. The van der Waals surface area contributed by atoms with Gasteiger partial charge in [0.05, 0.1) is 6.61 Å². The maximum atomic E-state index is 10.2. The zero-order chi connectivity index (χ0) is 13.8. The van der Waals surface area contributed by atoms with Crippen molar-refractivity contribution in [3.63, 3.8) is 0 Å². The van der Waals surface area contributed by atoms with Crippen LogP contribution in [-0.2, 0) is 4.79 Å². The highest BCUT2D eigenvalue weighted by Gasteiger charge is 1.96. The number of carbonyl (C=O) groups is 1. The Labute approximate surface area is 114 Å². The lowest BCUT2D eigenvalue weighted by Crippen LogP contribution is -1.96. The van der Waals surface area contributed by atoms with Gasteiger partial charge in [0.25, 0.3) is 0 Å². The number of nitroso groups, excluding NO2 is 1. The van der Waals surface area contributed by atoms with Crippen molar-refractivity contribution in [3.8, 4) is 5.75 Å². The molecule has 4 heteroatoms. The van der Waals surface area contributed by atoms with Crippen LogP contribution < -0.4 is 4.74 Å². The van der Waals surface area contributed by atoms with Gasteiger partial charge in [-0.2, -0.15) is 0 Å². The highest BCUT2D eigenvalue weighted by molar-refractivity contribution is 5.48. The summed E-state index contributed by atoms with van der Waals surface area (Å²) in [4.78, 5) is 20.3. The summed E-state index contributed by atoms with van der Waals surface area (Å²) in [5.74, 6) is 0.776. The molecule has 0 aliphatic heterocycles. The second kappa shape index (κ2) is 10.2. The molecule has 0 fully saturated rings. The summed E-state index contributed by atoms with van der Waals surface area (Å²) < 4.78 is 5.56. The van der Waals surface area contributed by atoms with Gasteiger partial charge in [0.2, 0.25) is 0 Å². The molecule has 0 radical (unpaired) electrons. The fourth-order valence-corrected chi connectivity index (χ4v) is 1.83. The van der Waals surface area contributed by atoms with E-state index >= 15 is 0 Å². The van der Waals surface area contributed by atoms with Gasteiger partial charge in [-0.05, 0) is 42.3 Å². The molecular formula is C15H21NO3. The molecule has 0 atom stereocenters. The predicted molar refractivity (Wildman–Crippen MR) is 75.8 cm³/mol. The molecule has 1 aromatic rings. The van der Waals surface area contributed by atoms with Crippen LogP contribution in [0.4, 0.5) is 5.69 Å². The van der Waals surface area contributed by atoms with Crippen LogP contribution >= 0.6 is 0 Å². The van der Waals surface area contributed by atoms with Crippen molar-refractivity contribution < 1.29 is 9.53 Å². The topological polar surface area (TPSA) is 55.7 Å². The van der Waals surface area contributed by atoms with E-state index in [1.165, 1.54) is 12.8 Å². The van der Waals surface area contributed by atoms with Crippen molar-refractivity contribution >= 4 is 12.0 Å². The predicted octanol–water partition coefficient (Wildman–Crippen LogP) is 4.39. The van der Waals surface area contributed by atoms with Gasteiger partial charge in [0, 0.05) is 6.42 Å². The average Bonchev–Trinajstić information content (AvgIpc) is 2.46. The van der Waals surface area contributed by atoms with Crippen LogP contribution in [0.25, 0.3) is 0 Å². The number of carbonyl (C=O) groups excluding carboxylic acids is 1. The minimum atomic E-state index is 0.419. The molecule has 19 heavy (non-hydrogen) atoms. The van der Waals surface area contributed by atoms with Crippen LogP contribution in [0.3, 0.4) is 0 Å². The number of hydrogen-bond donors (Lipinski definition) is 0. The molecule has 0 N–H and O–H groups in total. The minimum Gasteiger partial charge on any atom is -0.494 e. The van der Waals surface area contributed by atoms with Crippen LogP contribution in [0, 0.1) is 4.91 Å². The van der Waals surface area contributed by atoms with E-state index in [9.17, 15) is 9.70 Å². The third kappa shape index (κ3) is 7.34. The van der Waals surface area contributed by atoms with Crippen LogP contribution in [-0.4, -0.2) is 12.9 Å². The van der Waals surface area contributed by atoms with Gasteiger partial charge in [-0.15, -0.1) is 4.91 Å². The summed E-state index contributed by atoms with van der Waals surface area (Å²) in [5.41, 5.74) is 0.419. The molecule has 104 valence electrons. The molecule has 0 saturated carbocycles. The zero-order valence-electron chi connectivity index (χ0n) is 11.2. The molecule has 0 aliphatic rings. The maximum absolute atomic E-state index is 10.2. The summed E-state index contributed by atoms with van der Waals surface area (Å²) in [6.45, 7) is 0.697. The molecule has 0 spiro atoms. The highest BCUT2D eigenvalue weighted by Crippen LogP contribution is 2.18. The van der Waals surface area contributed by atoms with Gasteiger partial charge >= 0.3 is 0 Å². The van der Waals surface area contributed by atoms with Crippen LogP contribution in [0.15, 0.2) is 29.4 Å². The molecule has 0 heterocycles. The normalized spacial score (nSPS) is 10.1. The summed E-state index contributed by atoms with van der Waals surface area (Å²) in [6.07, 6.45) is 8.38. The first-order valence-corrected chi connectivity index (χ1v) is 6.86. The first kappa shape index (κ1) is 15.3. The molecule has 0 aliphatic carbocycles. The Morgan fingerprint density at radius 2 is 1.58 bits per heavy atom. The molecule has 0 aromatic heterocycles. The van der Waals surface area contributed by atoms with Crippen LogP contribution in [0.2, 0.25) is 0 Å². The molecule has 1 rings (SSSR count). The van der Waals surface area contributed by atoms with E-state index in [0.29, 0.717) is 18.7 Å². The third-order valence-corrected chi connectivity index (χ3v) is 2.93. The molecule has 4 nitrogen and oxygen atoms in total. The molecule has 0 bridgehead atoms. The summed E-state index contributed by atoms with van der Waals surface area (Å²) in [7, 11) is 0. The van der Waals surface area contributed by atoms with Gasteiger partial charge in [-0.1, -0.05) is 25.7 Å². The largest absolute Gasteiger partial charge is 0.494 e. The van der Waals surface area contributed by atoms with Crippen molar-refractivity contribution in [1.82, 2.24) is 0 Å². The van der Waals surface area contributed by atoms with Gasteiger partial charge in [-0.3, -0.25) is 0 Å². The number of ether oxygens (including phenoxy) is 1. The number of nitrogens with zero attached hydrogens (tertiary/aromatic N) is 1. The Morgan fingerprint density at radius 3 is 2.21 bits per heavy atom. The average molecular weight is 263 g/mol. The number of benzene rings is 1. The van der Waals surface area contributed by atoms with E-state index in [4.69, 9.17) is 4.74 Å². The zero-order valence-corrected chi connectivity index (χ0v) is 11.2. The van der Waals surface area contributed by atoms with E-state index in [1.54, 1.807) is 24.3 Å². The highest BCUT2D eigenvalue weighted by atomic mass is 16.5. The van der Waals surface area contributed by atoms with Crippen molar-refractivity contribution in [2.75, 3.05) is 6.61 Å². The quantitative estimate of drug-likeness (QED) is 0.338. The first-order chi connectivity index (χ1) is 9.36. The van der Waals surface area contributed by atoms with Crippen LogP contribution in [0.1, 0.15) is 44.9 Å². The first-order valence-electron chi connectivity index (χ1n) is 6.86. The number of aldehydes is 1. The summed E-state index contributed by atoms with van der Waals surface area (Å²) in [5, 5.41) is 2.84. The fraction of sp³-hybridized carbons (Fsp3) is 0.533. The van der Waals surface area contributed by atoms with Crippen molar-refractivity contribution in [1.29, 1.82) is 0 Å². The third-order valence-electron chi connectivity index (χ3n) is 2.93. The number of rotatable bonds is 11. The smallest absolute Gasteiger partial charge is 0.119 e. The molecule has 0 unspecified atom stereocenters. The lowest BCUT2D eigenvalue weighted by molar-refractivity contribution is -0.107. The Kier molecular flexibility index (Phi) is 8.27. The van der Waals surface area contributed by atoms with Crippen molar-refractivity contribution in [3.05, 3.63) is 29.2 Å². The van der Waals surface area contributed by atoms with Gasteiger partial charge in [0.15, 0.2) is 0 Å². The van der Waals surface area contributed by atoms with E-state index in [0.717, 1.165) is 37.7 Å². The molecule has 0 saturated heterocycles. The lowest BCUT2D eigenvalue weighted by Gasteiger charge is -2.05. The van der Waals surface area contributed by atoms with Gasteiger partial charge < -0.3 is 9.53 Å². The van der Waals surface area contributed by atoms with Crippen molar-refractivity contribution in [2.24, 2.45) is 5.18 Å². The molecule has 0 amide bonds. The number of unbranched alkanes of at least 4 members (excludes halogenated alkanes) is 6. The van der Waals surface area contributed by atoms with E-state index in [1.807, 2.05) is 0 Å². The fourth-order valence-electron chi connectivity index (χ4n) is 1.83. The van der Waals surface area contributed by atoms with Gasteiger partial charge in [0.1, 0.15) is 17.7 Å².